The van der Waals surface area contributed by atoms with Crippen LogP contribution in [0.5, 0.6) is 0 Å². The normalized spacial score (nSPS) is 10.5. The van der Waals surface area contributed by atoms with Crippen LogP contribution in [0.25, 0.3) is 0 Å². The van der Waals surface area contributed by atoms with Crippen molar-refractivity contribution in [3.63, 3.8) is 0 Å². The molecule has 132 valence electrons. The van der Waals surface area contributed by atoms with Gasteiger partial charge in [0.1, 0.15) is 0 Å². The molecule has 7 nitrogen and oxygen atoms in total. The van der Waals surface area contributed by atoms with E-state index in [0.29, 0.717) is 17.9 Å². The number of nitrogens with zero attached hydrogens (tertiary/aromatic N) is 3. The molecule has 0 unspecified atom stereocenters. The van der Waals surface area contributed by atoms with Gasteiger partial charge in [-0.15, -0.1) is 0 Å². The van der Waals surface area contributed by atoms with E-state index in [0.717, 1.165) is 5.56 Å². The van der Waals surface area contributed by atoms with E-state index in [1.54, 1.807) is 36.0 Å². The first-order valence-electron chi connectivity index (χ1n) is 8.08. The lowest BCUT2D eigenvalue weighted by Gasteiger charge is -2.06. The van der Waals surface area contributed by atoms with Crippen LogP contribution in [0.15, 0.2) is 54.7 Å². The Kier molecular flexibility index (Phi) is 4.79. The molecule has 1 N–H and O–H groups in total. The van der Waals surface area contributed by atoms with Gasteiger partial charge in [-0.25, -0.2) is 0 Å². The number of nitro benzene ring substituents is 1. The van der Waals surface area contributed by atoms with Gasteiger partial charge < -0.3 is 5.32 Å². The Morgan fingerprint density at radius 1 is 1.15 bits per heavy atom. The van der Waals surface area contributed by atoms with Crippen molar-refractivity contribution in [2.75, 3.05) is 5.32 Å². The number of carbonyl (C=O) groups excluding carboxylic acids is 1. The van der Waals surface area contributed by atoms with Gasteiger partial charge in [0, 0.05) is 29.5 Å². The SMILES string of the molecule is Cc1ccccc1Cn1ccc(NC(=O)c2ccc(C)c([N+](=O)[O-])c2)n1. The number of hydrogen-bond donors (Lipinski definition) is 1. The Bertz CT molecular complexity index is 978. The number of nitrogens with one attached hydrogen (secondary N) is 1. The van der Waals surface area contributed by atoms with Crippen LogP contribution in [0.1, 0.15) is 27.0 Å². The number of hydrogen-bond acceptors (Lipinski definition) is 4. The molecule has 0 saturated carbocycles. The van der Waals surface area contributed by atoms with E-state index >= 15 is 0 Å². The van der Waals surface area contributed by atoms with Gasteiger partial charge in [0.15, 0.2) is 5.82 Å². The summed E-state index contributed by atoms with van der Waals surface area (Å²) in [5.74, 6) is -0.0407. The minimum Gasteiger partial charge on any atom is -0.305 e. The van der Waals surface area contributed by atoms with Crippen LogP contribution < -0.4 is 5.32 Å². The van der Waals surface area contributed by atoms with Crippen LogP contribution in [0, 0.1) is 24.0 Å². The molecule has 0 spiro atoms. The first-order valence-corrected chi connectivity index (χ1v) is 8.08. The van der Waals surface area contributed by atoms with E-state index in [-0.39, 0.29) is 11.3 Å². The van der Waals surface area contributed by atoms with E-state index in [9.17, 15) is 14.9 Å². The van der Waals surface area contributed by atoms with E-state index in [2.05, 4.69) is 10.4 Å². The largest absolute Gasteiger partial charge is 0.305 e. The molecule has 2 aromatic carbocycles. The summed E-state index contributed by atoms with van der Waals surface area (Å²) in [7, 11) is 0. The summed E-state index contributed by atoms with van der Waals surface area (Å²) in [6, 6.07) is 14.1. The second-order valence-electron chi connectivity index (χ2n) is 6.04. The van der Waals surface area contributed by atoms with Crippen molar-refractivity contribution < 1.29 is 9.72 Å². The third-order valence-electron chi connectivity index (χ3n) is 4.14. The Morgan fingerprint density at radius 3 is 2.65 bits per heavy atom. The predicted octanol–water partition coefficient (Wildman–Crippen LogP) is 3.71. The van der Waals surface area contributed by atoms with Gasteiger partial charge in [0.05, 0.1) is 11.5 Å². The fraction of sp³-hybridized carbons (Fsp3) is 0.158. The summed E-state index contributed by atoms with van der Waals surface area (Å²) in [5.41, 5.74) is 2.95. The number of rotatable bonds is 5. The molecular weight excluding hydrogens is 332 g/mol. The first kappa shape index (κ1) is 17.3. The summed E-state index contributed by atoms with van der Waals surface area (Å²) in [4.78, 5) is 22.9. The van der Waals surface area contributed by atoms with E-state index < -0.39 is 10.8 Å². The number of nitro groups is 1. The highest BCUT2D eigenvalue weighted by Crippen LogP contribution is 2.20. The second kappa shape index (κ2) is 7.18. The van der Waals surface area contributed by atoms with E-state index in [1.807, 2.05) is 31.2 Å². The Hall–Kier alpha value is -3.48. The molecule has 26 heavy (non-hydrogen) atoms. The molecular formula is C19H18N4O3. The Balaban J connectivity index is 1.73. The maximum absolute atomic E-state index is 12.3. The summed E-state index contributed by atoms with van der Waals surface area (Å²) < 4.78 is 1.73. The van der Waals surface area contributed by atoms with E-state index in [1.165, 1.54) is 11.6 Å². The predicted molar refractivity (Wildman–Crippen MR) is 98.3 cm³/mol. The molecule has 0 radical (unpaired) electrons. The number of amides is 1. The Labute approximate surface area is 150 Å². The van der Waals surface area contributed by atoms with Crippen molar-refractivity contribution in [1.82, 2.24) is 9.78 Å². The highest BCUT2D eigenvalue weighted by molar-refractivity contribution is 6.04. The van der Waals surface area contributed by atoms with Gasteiger partial charge in [0.2, 0.25) is 0 Å². The lowest BCUT2D eigenvalue weighted by Crippen LogP contribution is -2.13. The third kappa shape index (κ3) is 3.77. The van der Waals surface area contributed by atoms with Gasteiger partial charge >= 0.3 is 0 Å². The molecule has 1 heterocycles. The fourth-order valence-electron chi connectivity index (χ4n) is 2.61. The van der Waals surface area contributed by atoms with Crippen LogP contribution >= 0.6 is 0 Å². The molecule has 0 atom stereocenters. The summed E-state index contributed by atoms with van der Waals surface area (Å²) in [6.45, 7) is 4.26. The molecule has 7 heteroatoms. The second-order valence-corrected chi connectivity index (χ2v) is 6.04. The van der Waals surface area contributed by atoms with Crippen molar-refractivity contribution in [2.45, 2.75) is 20.4 Å². The van der Waals surface area contributed by atoms with Gasteiger partial charge in [-0.2, -0.15) is 5.10 Å². The smallest absolute Gasteiger partial charge is 0.273 e. The van der Waals surface area contributed by atoms with Crippen LogP contribution in [0.4, 0.5) is 11.5 Å². The maximum Gasteiger partial charge on any atom is 0.273 e. The molecule has 1 aromatic heterocycles. The van der Waals surface area contributed by atoms with Crippen molar-refractivity contribution >= 4 is 17.4 Å². The van der Waals surface area contributed by atoms with Crippen LogP contribution in [0.3, 0.4) is 0 Å². The first-order chi connectivity index (χ1) is 12.4. The van der Waals surface area contributed by atoms with Crippen LogP contribution in [-0.2, 0) is 6.54 Å². The molecule has 0 aliphatic rings. The average Bonchev–Trinajstić information content (AvgIpc) is 3.04. The zero-order chi connectivity index (χ0) is 18.7. The monoisotopic (exact) mass is 350 g/mol. The molecule has 0 bridgehead atoms. The molecule has 0 saturated heterocycles. The lowest BCUT2D eigenvalue weighted by atomic mass is 10.1. The highest BCUT2D eigenvalue weighted by Gasteiger charge is 2.15. The average molecular weight is 350 g/mol. The quantitative estimate of drug-likeness (QED) is 0.561. The van der Waals surface area contributed by atoms with Gasteiger partial charge in [-0.1, -0.05) is 30.3 Å². The van der Waals surface area contributed by atoms with Crippen molar-refractivity contribution in [3.8, 4) is 0 Å². The van der Waals surface area contributed by atoms with Crippen molar-refractivity contribution in [3.05, 3.63) is 87.1 Å². The van der Waals surface area contributed by atoms with E-state index in [4.69, 9.17) is 0 Å². The maximum atomic E-state index is 12.3. The van der Waals surface area contributed by atoms with Gasteiger partial charge in [0.25, 0.3) is 11.6 Å². The molecule has 1 amide bonds. The van der Waals surface area contributed by atoms with Crippen molar-refractivity contribution in [1.29, 1.82) is 0 Å². The Morgan fingerprint density at radius 2 is 1.92 bits per heavy atom. The zero-order valence-corrected chi connectivity index (χ0v) is 14.5. The standard InChI is InChI=1S/C19H18N4O3/c1-13-5-3-4-6-16(13)12-22-10-9-18(21-22)20-19(24)15-8-7-14(2)17(11-15)23(25)26/h3-11H,12H2,1-2H3,(H,20,21,24). The minimum absolute atomic E-state index is 0.0808. The number of anilines is 1. The summed E-state index contributed by atoms with van der Waals surface area (Å²) in [5, 5.41) is 18.0. The number of aromatic nitrogens is 2. The fourth-order valence-corrected chi connectivity index (χ4v) is 2.61. The number of benzene rings is 2. The van der Waals surface area contributed by atoms with Gasteiger partial charge in [-0.05, 0) is 31.0 Å². The lowest BCUT2D eigenvalue weighted by molar-refractivity contribution is -0.385. The summed E-state index contributed by atoms with van der Waals surface area (Å²) >= 11 is 0. The molecule has 3 rings (SSSR count). The minimum atomic E-state index is -0.497. The molecule has 0 aliphatic heterocycles. The third-order valence-corrected chi connectivity index (χ3v) is 4.14. The van der Waals surface area contributed by atoms with Crippen LogP contribution in [0.2, 0.25) is 0 Å². The van der Waals surface area contributed by atoms with Crippen molar-refractivity contribution in [2.24, 2.45) is 0 Å². The number of aryl methyl sites for hydroxylation is 2. The topological polar surface area (TPSA) is 90.1 Å². The highest BCUT2D eigenvalue weighted by atomic mass is 16.6. The molecule has 3 aromatic rings. The van der Waals surface area contributed by atoms with Gasteiger partial charge in [-0.3, -0.25) is 19.6 Å². The summed E-state index contributed by atoms with van der Waals surface area (Å²) in [6.07, 6.45) is 1.78. The zero-order valence-electron chi connectivity index (χ0n) is 14.5. The molecule has 0 aliphatic carbocycles. The van der Waals surface area contributed by atoms with Crippen LogP contribution in [-0.4, -0.2) is 20.6 Å². The number of carbonyl (C=O) groups is 1. The molecule has 0 fully saturated rings.